The van der Waals surface area contributed by atoms with Gasteiger partial charge in [0.15, 0.2) is 4.80 Å². The monoisotopic (exact) mass is 717 g/mol. The number of ether oxygens (including phenoxy) is 3. The Hall–Kier alpha value is -4.76. The van der Waals surface area contributed by atoms with Crippen molar-refractivity contribution in [1.82, 2.24) is 4.57 Å². The predicted molar refractivity (Wildman–Crippen MR) is 166 cm³/mol. The van der Waals surface area contributed by atoms with Gasteiger partial charge in [-0.15, -0.1) is 0 Å². The molecule has 0 saturated carbocycles. The third-order valence-electron chi connectivity index (χ3n) is 6.91. The van der Waals surface area contributed by atoms with Crippen molar-refractivity contribution in [1.29, 1.82) is 0 Å². The molecule has 1 aliphatic heterocycles. The van der Waals surface area contributed by atoms with Crippen LogP contribution in [-0.2, 0) is 15.7 Å². The molecule has 1 atom stereocenters. The van der Waals surface area contributed by atoms with E-state index in [-0.39, 0.29) is 32.8 Å². The number of hydrogen-bond acceptors (Lipinski definition) is 9. The second-order valence-electron chi connectivity index (χ2n) is 9.77. The van der Waals surface area contributed by atoms with E-state index in [0.29, 0.717) is 33.6 Å². The number of hydrogen-bond donors (Lipinski definition) is 0. The van der Waals surface area contributed by atoms with Crippen LogP contribution in [0.5, 0.6) is 17.2 Å². The number of para-hydroxylation sites is 1. The van der Waals surface area contributed by atoms with Gasteiger partial charge >= 0.3 is 17.8 Å². The average molecular weight is 719 g/mol. The van der Waals surface area contributed by atoms with Gasteiger partial charge in [-0.3, -0.25) is 19.5 Å². The minimum Gasteiger partial charge on any atom is -0.496 e. The SMILES string of the molecule is CCOC(=O)C1=C(C)N=c2s/c(=C/c3cc(Br)ccc3Oc3ccc(C(F)(F)F)cc3[N+](=O)[O-])c(=O)n2[C@@H]1c1ccccc1OC. The standard InChI is InChI=1S/C31H23BrF3N3O7S/c1-4-44-29(40)26-16(2)36-30-37(27(26)20-7-5-6-8-23(20)43-3)28(39)25(46-30)14-17-13-19(32)10-12-22(17)45-24-11-9-18(31(33,34)35)15-21(24)38(41)42/h5-15,27H,4H2,1-3H3/b25-14+/t27-/m1/s1. The highest BCUT2D eigenvalue weighted by molar-refractivity contribution is 9.10. The van der Waals surface area contributed by atoms with Gasteiger partial charge in [-0.25, -0.2) is 9.79 Å². The van der Waals surface area contributed by atoms with Gasteiger partial charge in [-0.1, -0.05) is 45.5 Å². The Bertz CT molecular complexity index is 2090. The van der Waals surface area contributed by atoms with Gasteiger partial charge in [0.2, 0.25) is 5.75 Å². The van der Waals surface area contributed by atoms with Crippen LogP contribution < -0.4 is 24.4 Å². The molecular weight excluding hydrogens is 695 g/mol. The molecule has 3 aromatic carbocycles. The molecule has 46 heavy (non-hydrogen) atoms. The fourth-order valence-corrected chi connectivity index (χ4v) is 6.30. The molecule has 5 rings (SSSR count). The van der Waals surface area contributed by atoms with E-state index in [0.717, 1.165) is 17.4 Å². The van der Waals surface area contributed by atoms with Gasteiger partial charge < -0.3 is 14.2 Å². The number of nitro benzene ring substituents is 1. The van der Waals surface area contributed by atoms with Crippen LogP contribution >= 0.6 is 27.3 Å². The Morgan fingerprint density at radius 2 is 1.85 bits per heavy atom. The molecule has 0 saturated heterocycles. The first-order valence-corrected chi connectivity index (χ1v) is 15.1. The summed E-state index contributed by atoms with van der Waals surface area (Å²) in [4.78, 5) is 42.8. The molecule has 10 nitrogen and oxygen atoms in total. The first kappa shape index (κ1) is 32.6. The van der Waals surface area contributed by atoms with Crippen LogP contribution in [0.25, 0.3) is 6.08 Å². The zero-order chi connectivity index (χ0) is 33.3. The van der Waals surface area contributed by atoms with Crippen LogP contribution in [0.3, 0.4) is 0 Å². The van der Waals surface area contributed by atoms with Crippen molar-refractivity contribution in [2.75, 3.05) is 13.7 Å². The lowest BCUT2D eigenvalue weighted by Gasteiger charge is -2.25. The van der Waals surface area contributed by atoms with E-state index >= 15 is 0 Å². The number of methoxy groups -OCH3 is 1. The van der Waals surface area contributed by atoms with Crippen molar-refractivity contribution in [3.63, 3.8) is 0 Å². The Balaban J connectivity index is 1.68. The number of carbonyl (C=O) groups excluding carboxylic acids is 1. The maximum absolute atomic E-state index is 14.1. The molecular formula is C31H23BrF3N3O7S. The first-order chi connectivity index (χ1) is 21.8. The summed E-state index contributed by atoms with van der Waals surface area (Å²) < 4.78 is 58.5. The Morgan fingerprint density at radius 3 is 2.52 bits per heavy atom. The van der Waals surface area contributed by atoms with Crippen LogP contribution in [0.4, 0.5) is 18.9 Å². The van der Waals surface area contributed by atoms with Crippen molar-refractivity contribution < 1.29 is 37.1 Å². The maximum Gasteiger partial charge on any atom is 0.416 e. The van der Waals surface area contributed by atoms with E-state index in [1.807, 2.05) is 0 Å². The predicted octanol–water partition coefficient (Wildman–Crippen LogP) is 6.29. The number of halogens is 4. The van der Waals surface area contributed by atoms with E-state index in [9.17, 15) is 32.9 Å². The molecule has 238 valence electrons. The van der Waals surface area contributed by atoms with E-state index in [1.165, 1.54) is 23.8 Å². The molecule has 0 amide bonds. The van der Waals surface area contributed by atoms with E-state index in [4.69, 9.17) is 14.2 Å². The summed E-state index contributed by atoms with van der Waals surface area (Å²) in [6.45, 7) is 3.41. The number of nitrogens with zero attached hydrogens (tertiary/aromatic N) is 3. The molecule has 0 aliphatic carbocycles. The number of thiazole rings is 1. The quantitative estimate of drug-likeness (QED) is 0.119. The lowest BCUT2D eigenvalue weighted by atomic mass is 9.95. The van der Waals surface area contributed by atoms with Crippen LogP contribution in [0, 0.1) is 10.1 Å². The molecule has 0 radical (unpaired) electrons. The topological polar surface area (TPSA) is 122 Å². The summed E-state index contributed by atoms with van der Waals surface area (Å²) in [5.41, 5.74) is -1.29. The number of alkyl halides is 3. The molecule has 0 spiro atoms. The lowest BCUT2D eigenvalue weighted by molar-refractivity contribution is -0.385. The van der Waals surface area contributed by atoms with E-state index in [2.05, 4.69) is 20.9 Å². The molecule has 4 aromatic rings. The number of esters is 1. The molecule has 0 bridgehead atoms. The third-order valence-corrected chi connectivity index (χ3v) is 8.39. The summed E-state index contributed by atoms with van der Waals surface area (Å²) in [6, 6.07) is 12.5. The molecule has 0 unspecified atom stereocenters. The maximum atomic E-state index is 14.1. The summed E-state index contributed by atoms with van der Waals surface area (Å²) in [5.74, 6) is -0.613. The summed E-state index contributed by atoms with van der Waals surface area (Å²) in [7, 11) is 1.47. The number of carbonyl (C=O) groups is 1. The van der Waals surface area contributed by atoms with Gasteiger partial charge in [-0.05, 0) is 56.3 Å². The third kappa shape index (κ3) is 6.33. The van der Waals surface area contributed by atoms with Crippen LogP contribution in [0.2, 0.25) is 0 Å². The number of allylic oxidation sites excluding steroid dienone is 1. The van der Waals surface area contributed by atoms with Gasteiger partial charge in [0.05, 0.1) is 40.0 Å². The molecule has 2 heterocycles. The highest BCUT2D eigenvalue weighted by atomic mass is 79.9. The van der Waals surface area contributed by atoms with Crippen LogP contribution in [0.1, 0.15) is 36.6 Å². The molecule has 1 aliphatic rings. The largest absolute Gasteiger partial charge is 0.496 e. The summed E-state index contributed by atoms with van der Waals surface area (Å²) >= 11 is 4.39. The Kier molecular flexibility index (Phi) is 9.17. The zero-order valence-corrected chi connectivity index (χ0v) is 26.7. The number of fused-ring (bicyclic) bond motifs is 1. The molecule has 0 N–H and O–H groups in total. The number of nitro groups is 1. The van der Waals surface area contributed by atoms with Crippen LogP contribution in [-0.4, -0.2) is 29.2 Å². The Labute approximate surface area is 271 Å². The number of rotatable bonds is 8. The van der Waals surface area contributed by atoms with Crippen molar-refractivity contribution in [3.05, 3.63) is 123 Å². The fraction of sp³-hybridized carbons (Fsp3) is 0.194. The van der Waals surface area contributed by atoms with Crippen LogP contribution in [0.15, 0.2) is 86.2 Å². The number of aromatic nitrogens is 1. The molecule has 1 aromatic heterocycles. The highest BCUT2D eigenvalue weighted by Gasteiger charge is 2.36. The normalized spacial score (nSPS) is 14.8. The summed E-state index contributed by atoms with van der Waals surface area (Å²) in [6.07, 6.45) is -3.32. The van der Waals surface area contributed by atoms with Gasteiger partial charge in [0.25, 0.3) is 5.56 Å². The fourth-order valence-electron chi connectivity index (χ4n) is 4.89. The van der Waals surface area contributed by atoms with E-state index < -0.39 is 45.7 Å². The van der Waals surface area contributed by atoms with Gasteiger partial charge in [0, 0.05) is 21.7 Å². The summed E-state index contributed by atoms with van der Waals surface area (Å²) in [5, 5.41) is 11.7. The minimum absolute atomic E-state index is 0.0292. The molecule has 15 heteroatoms. The Morgan fingerprint density at radius 1 is 1.13 bits per heavy atom. The second kappa shape index (κ2) is 12.9. The minimum atomic E-state index is -4.80. The van der Waals surface area contributed by atoms with Crippen molar-refractivity contribution in [2.24, 2.45) is 4.99 Å². The van der Waals surface area contributed by atoms with Crippen molar-refractivity contribution in [3.8, 4) is 17.2 Å². The van der Waals surface area contributed by atoms with Gasteiger partial charge in [-0.2, -0.15) is 13.2 Å². The van der Waals surface area contributed by atoms with Gasteiger partial charge in [0.1, 0.15) is 17.5 Å². The lowest BCUT2D eigenvalue weighted by Crippen LogP contribution is -2.40. The average Bonchev–Trinajstić information content (AvgIpc) is 3.31. The molecule has 0 fully saturated rings. The first-order valence-electron chi connectivity index (χ1n) is 13.5. The zero-order valence-electron chi connectivity index (χ0n) is 24.3. The van der Waals surface area contributed by atoms with Crippen molar-refractivity contribution in [2.45, 2.75) is 26.1 Å². The highest BCUT2D eigenvalue weighted by Crippen LogP contribution is 2.39. The number of benzene rings is 3. The van der Waals surface area contributed by atoms with Crippen molar-refractivity contribution >= 4 is 45.0 Å². The van der Waals surface area contributed by atoms with E-state index in [1.54, 1.807) is 50.2 Å². The second-order valence-corrected chi connectivity index (χ2v) is 11.7. The smallest absolute Gasteiger partial charge is 0.416 e.